The Bertz CT molecular complexity index is 259. The van der Waals surface area contributed by atoms with Crippen molar-refractivity contribution >= 4 is 11.4 Å². The van der Waals surface area contributed by atoms with E-state index in [0.29, 0.717) is 0 Å². The van der Waals surface area contributed by atoms with Crippen LogP contribution >= 0.6 is 0 Å². The van der Waals surface area contributed by atoms with Crippen LogP contribution in [0.15, 0.2) is 24.3 Å². The van der Waals surface area contributed by atoms with Gasteiger partial charge in [0.15, 0.2) is 0 Å². The van der Waals surface area contributed by atoms with E-state index in [1.807, 2.05) is 18.2 Å². The van der Waals surface area contributed by atoms with E-state index in [1.54, 1.807) is 0 Å². The van der Waals surface area contributed by atoms with Gasteiger partial charge in [-0.3, -0.25) is 0 Å². The molecule has 1 atom stereocenters. The molecule has 3 nitrogen and oxygen atoms in total. The minimum Gasteiger partial charge on any atom is -0.367 e. The normalized spacial score (nSPS) is 21.4. The van der Waals surface area contributed by atoms with E-state index in [1.165, 1.54) is 0 Å². The van der Waals surface area contributed by atoms with Crippen molar-refractivity contribution in [3.63, 3.8) is 0 Å². The van der Waals surface area contributed by atoms with Crippen molar-refractivity contribution in [3.05, 3.63) is 24.3 Å². The molecule has 11 heavy (non-hydrogen) atoms. The standard InChI is InChI=1S/C8H11N3/c1-6-9-7-4-2-3-5-8(7)11-10-6/h2-6,9-11H,1H3. The van der Waals surface area contributed by atoms with Crippen molar-refractivity contribution in [3.8, 4) is 0 Å². The lowest BCUT2D eigenvalue weighted by Crippen LogP contribution is -2.41. The Morgan fingerprint density at radius 3 is 2.73 bits per heavy atom. The third-order valence-corrected chi connectivity index (χ3v) is 1.72. The molecule has 58 valence electrons. The molecule has 1 heterocycles. The number of para-hydroxylation sites is 2. The van der Waals surface area contributed by atoms with Gasteiger partial charge < -0.3 is 10.7 Å². The van der Waals surface area contributed by atoms with Gasteiger partial charge in [0.05, 0.1) is 17.5 Å². The van der Waals surface area contributed by atoms with Crippen LogP contribution in [-0.4, -0.2) is 6.17 Å². The summed E-state index contributed by atoms with van der Waals surface area (Å²) in [4.78, 5) is 0. The molecule has 0 spiro atoms. The number of hydrogen-bond donors (Lipinski definition) is 3. The van der Waals surface area contributed by atoms with E-state index < -0.39 is 0 Å². The first-order chi connectivity index (χ1) is 5.36. The zero-order chi connectivity index (χ0) is 7.68. The summed E-state index contributed by atoms with van der Waals surface area (Å²) in [6.07, 6.45) is 0.282. The molecule has 0 bridgehead atoms. The molecule has 0 fully saturated rings. The first kappa shape index (κ1) is 6.49. The van der Waals surface area contributed by atoms with Crippen LogP contribution in [0.2, 0.25) is 0 Å². The highest BCUT2D eigenvalue weighted by atomic mass is 15.4. The summed E-state index contributed by atoms with van der Waals surface area (Å²) < 4.78 is 0. The highest BCUT2D eigenvalue weighted by Gasteiger charge is 2.09. The van der Waals surface area contributed by atoms with E-state index in [4.69, 9.17) is 0 Å². The summed E-state index contributed by atoms with van der Waals surface area (Å²) in [6.45, 7) is 2.06. The molecule has 3 N–H and O–H groups in total. The first-order valence-electron chi connectivity index (χ1n) is 3.73. The molecule has 0 aliphatic carbocycles. The molecule has 0 amide bonds. The zero-order valence-electron chi connectivity index (χ0n) is 6.39. The molecule has 1 aliphatic rings. The number of hydrogen-bond acceptors (Lipinski definition) is 3. The smallest absolute Gasteiger partial charge is 0.0912 e. The number of fused-ring (bicyclic) bond motifs is 1. The van der Waals surface area contributed by atoms with Crippen LogP contribution in [0.3, 0.4) is 0 Å². The van der Waals surface area contributed by atoms with Crippen LogP contribution in [0.5, 0.6) is 0 Å². The molecule has 2 rings (SSSR count). The summed E-state index contributed by atoms with van der Waals surface area (Å²) in [6, 6.07) is 8.11. The maximum absolute atomic E-state index is 3.29. The third-order valence-electron chi connectivity index (χ3n) is 1.72. The fourth-order valence-electron chi connectivity index (χ4n) is 1.17. The largest absolute Gasteiger partial charge is 0.367 e. The molecule has 1 aromatic carbocycles. The van der Waals surface area contributed by atoms with Crippen LogP contribution in [0, 0.1) is 0 Å². The van der Waals surface area contributed by atoms with Crippen molar-refractivity contribution in [2.24, 2.45) is 0 Å². The van der Waals surface area contributed by atoms with Gasteiger partial charge in [0.2, 0.25) is 0 Å². The number of hydrazine groups is 1. The summed E-state index contributed by atoms with van der Waals surface area (Å²) in [5.41, 5.74) is 8.43. The predicted octanol–water partition coefficient (Wildman–Crippen LogP) is 1.37. The summed E-state index contributed by atoms with van der Waals surface area (Å²) in [5, 5.41) is 3.29. The van der Waals surface area contributed by atoms with E-state index in [0.717, 1.165) is 11.4 Å². The molecule has 0 saturated heterocycles. The Balaban J connectivity index is 2.34. The number of rotatable bonds is 0. The molecule has 0 radical (unpaired) electrons. The molecule has 1 aliphatic heterocycles. The third kappa shape index (κ3) is 1.14. The molecule has 0 aromatic heterocycles. The SMILES string of the molecule is CC1NNc2ccccc2N1. The van der Waals surface area contributed by atoms with Crippen molar-refractivity contribution in [1.82, 2.24) is 5.43 Å². The van der Waals surface area contributed by atoms with Gasteiger partial charge in [-0.1, -0.05) is 12.1 Å². The van der Waals surface area contributed by atoms with E-state index in [2.05, 4.69) is 29.2 Å². The number of anilines is 2. The fraction of sp³-hybridized carbons (Fsp3) is 0.250. The van der Waals surface area contributed by atoms with Gasteiger partial charge in [0.25, 0.3) is 0 Å². The number of nitrogens with one attached hydrogen (secondary N) is 3. The maximum atomic E-state index is 3.29. The average molecular weight is 149 g/mol. The lowest BCUT2D eigenvalue weighted by molar-refractivity contribution is 0.658. The second kappa shape index (κ2) is 2.43. The number of benzene rings is 1. The Kier molecular flexibility index (Phi) is 1.43. The van der Waals surface area contributed by atoms with Crippen LogP contribution in [0.1, 0.15) is 6.92 Å². The van der Waals surface area contributed by atoms with Gasteiger partial charge in [-0.25, -0.2) is 5.43 Å². The Morgan fingerprint density at radius 1 is 1.18 bits per heavy atom. The molecule has 1 aromatic rings. The molecular formula is C8H11N3. The quantitative estimate of drug-likeness (QED) is 0.521. The zero-order valence-corrected chi connectivity index (χ0v) is 6.39. The van der Waals surface area contributed by atoms with Gasteiger partial charge in [0, 0.05) is 0 Å². The van der Waals surface area contributed by atoms with Crippen LogP contribution < -0.4 is 16.2 Å². The van der Waals surface area contributed by atoms with Gasteiger partial charge >= 0.3 is 0 Å². The van der Waals surface area contributed by atoms with Crippen molar-refractivity contribution in [2.75, 3.05) is 10.7 Å². The van der Waals surface area contributed by atoms with Crippen LogP contribution in [-0.2, 0) is 0 Å². The monoisotopic (exact) mass is 149 g/mol. The van der Waals surface area contributed by atoms with Gasteiger partial charge in [-0.05, 0) is 19.1 Å². The molecule has 1 unspecified atom stereocenters. The first-order valence-corrected chi connectivity index (χ1v) is 3.73. The van der Waals surface area contributed by atoms with Crippen molar-refractivity contribution in [1.29, 1.82) is 0 Å². The van der Waals surface area contributed by atoms with Gasteiger partial charge in [-0.2, -0.15) is 0 Å². The van der Waals surface area contributed by atoms with Crippen LogP contribution in [0.4, 0.5) is 11.4 Å². The Labute approximate surface area is 65.8 Å². The van der Waals surface area contributed by atoms with E-state index in [9.17, 15) is 0 Å². The van der Waals surface area contributed by atoms with Crippen molar-refractivity contribution in [2.45, 2.75) is 13.1 Å². The highest BCUT2D eigenvalue weighted by Crippen LogP contribution is 2.22. The molecule has 0 saturated carbocycles. The summed E-state index contributed by atoms with van der Waals surface area (Å²) in [7, 11) is 0. The lowest BCUT2D eigenvalue weighted by atomic mass is 10.2. The molecular weight excluding hydrogens is 138 g/mol. The topological polar surface area (TPSA) is 36.1 Å². The Hall–Kier alpha value is -1.22. The predicted molar refractivity (Wildman–Crippen MR) is 46.3 cm³/mol. The van der Waals surface area contributed by atoms with Gasteiger partial charge in [0.1, 0.15) is 0 Å². The maximum Gasteiger partial charge on any atom is 0.0912 e. The summed E-state index contributed by atoms with van der Waals surface area (Å²) in [5.74, 6) is 0. The van der Waals surface area contributed by atoms with E-state index in [-0.39, 0.29) is 6.17 Å². The summed E-state index contributed by atoms with van der Waals surface area (Å²) >= 11 is 0. The highest BCUT2D eigenvalue weighted by molar-refractivity contribution is 5.69. The van der Waals surface area contributed by atoms with Crippen molar-refractivity contribution < 1.29 is 0 Å². The van der Waals surface area contributed by atoms with Gasteiger partial charge in [-0.15, -0.1) is 0 Å². The lowest BCUT2D eigenvalue weighted by Gasteiger charge is -2.26. The second-order valence-electron chi connectivity index (χ2n) is 2.68. The molecule has 3 heteroatoms. The minimum atomic E-state index is 0.282. The van der Waals surface area contributed by atoms with E-state index >= 15 is 0 Å². The van der Waals surface area contributed by atoms with Crippen LogP contribution in [0.25, 0.3) is 0 Å². The average Bonchev–Trinajstić information content (AvgIpc) is 2.04. The second-order valence-corrected chi connectivity index (χ2v) is 2.68. The fourth-order valence-corrected chi connectivity index (χ4v) is 1.17. The minimum absolute atomic E-state index is 0.282. The Morgan fingerprint density at radius 2 is 1.91 bits per heavy atom.